The fraction of sp³-hybridized carbons (Fsp3) is 0.727. The lowest BCUT2D eigenvalue weighted by atomic mass is 10.2. The van der Waals surface area contributed by atoms with Gasteiger partial charge < -0.3 is 9.88 Å². The van der Waals surface area contributed by atoms with Crippen LogP contribution in [-0.2, 0) is 7.05 Å². The molecule has 0 saturated carbocycles. The Morgan fingerprint density at radius 2 is 2.47 bits per heavy atom. The molecule has 0 aliphatic carbocycles. The summed E-state index contributed by atoms with van der Waals surface area (Å²) in [5.41, 5.74) is 0. The average molecular weight is 253 g/mol. The van der Waals surface area contributed by atoms with E-state index in [0.29, 0.717) is 5.25 Å². The van der Waals surface area contributed by atoms with Crippen LogP contribution in [0.15, 0.2) is 11.3 Å². The maximum atomic E-state index is 4.53. The number of aliphatic imine (C=N–C) groups is 1. The molecule has 94 valence electrons. The van der Waals surface area contributed by atoms with Gasteiger partial charge in [0.15, 0.2) is 11.0 Å². The first-order valence-corrected chi connectivity index (χ1v) is 6.90. The Bertz CT molecular complexity index is 400. The van der Waals surface area contributed by atoms with E-state index in [-0.39, 0.29) is 6.04 Å². The van der Waals surface area contributed by atoms with Gasteiger partial charge in [0.2, 0.25) is 0 Å². The Balaban J connectivity index is 1.88. The zero-order valence-corrected chi connectivity index (χ0v) is 11.4. The molecule has 2 rings (SSSR count). The summed E-state index contributed by atoms with van der Waals surface area (Å²) in [6, 6.07) is 0.147. The minimum absolute atomic E-state index is 0.147. The van der Waals surface area contributed by atoms with Crippen molar-refractivity contribution >= 4 is 16.9 Å². The fourth-order valence-corrected chi connectivity index (χ4v) is 3.12. The highest BCUT2D eigenvalue weighted by Gasteiger charge is 2.21. The van der Waals surface area contributed by atoms with E-state index in [0.717, 1.165) is 17.5 Å². The number of aryl methyl sites for hydroxylation is 1. The smallest absolute Gasteiger partial charge is 0.157 e. The van der Waals surface area contributed by atoms with E-state index in [1.54, 1.807) is 6.33 Å². The molecule has 2 atom stereocenters. The highest BCUT2D eigenvalue weighted by molar-refractivity contribution is 8.14. The number of thioether (sulfide) groups is 1. The maximum absolute atomic E-state index is 4.53. The van der Waals surface area contributed by atoms with Crippen molar-refractivity contribution in [2.45, 2.75) is 38.0 Å². The largest absolute Gasteiger partial charge is 0.355 e. The summed E-state index contributed by atoms with van der Waals surface area (Å²) in [6.45, 7) is 5.24. The van der Waals surface area contributed by atoms with Crippen LogP contribution in [0.1, 0.15) is 38.6 Å². The first-order chi connectivity index (χ1) is 8.20. The molecule has 1 aliphatic heterocycles. The highest BCUT2D eigenvalue weighted by atomic mass is 32.2. The quantitative estimate of drug-likeness (QED) is 0.888. The minimum Gasteiger partial charge on any atom is -0.355 e. The van der Waals surface area contributed by atoms with Crippen molar-refractivity contribution in [3.8, 4) is 0 Å². The summed E-state index contributed by atoms with van der Waals surface area (Å²) in [6.07, 6.45) is 4.17. The van der Waals surface area contributed by atoms with Crippen LogP contribution < -0.4 is 5.32 Å². The lowest BCUT2D eigenvalue weighted by molar-refractivity contribution is 0.629. The van der Waals surface area contributed by atoms with E-state index in [9.17, 15) is 0 Å². The van der Waals surface area contributed by atoms with Crippen LogP contribution in [0.3, 0.4) is 0 Å². The van der Waals surface area contributed by atoms with Crippen LogP contribution in [0.2, 0.25) is 0 Å². The molecule has 1 N–H and O–H groups in total. The second-order valence-corrected chi connectivity index (χ2v) is 5.63. The second-order valence-electron chi connectivity index (χ2n) is 4.34. The number of rotatable bonds is 4. The summed E-state index contributed by atoms with van der Waals surface area (Å²) in [5.74, 6) is 0.937. The topological polar surface area (TPSA) is 55.1 Å². The maximum Gasteiger partial charge on any atom is 0.157 e. The van der Waals surface area contributed by atoms with Gasteiger partial charge in [-0.1, -0.05) is 25.1 Å². The third-order valence-electron chi connectivity index (χ3n) is 2.80. The van der Waals surface area contributed by atoms with Crippen LogP contribution in [0.25, 0.3) is 0 Å². The summed E-state index contributed by atoms with van der Waals surface area (Å²) in [7, 11) is 1.96. The van der Waals surface area contributed by atoms with Gasteiger partial charge in [-0.2, -0.15) is 0 Å². The van der Waals surface area contributed by atoms with Crippen LogP contribution in [0.5, 0.6) is 0 Å². The van der Waals surface area contributed by atoms with Crippen LogP contribution in [-0.4, -0.2) is 31.7 Å². The molecule has 0 amide bonds. The number of nitrogens with one attached hydrogen (secondary N) is 1. The molecule has 5 nitrogen and oxygen atoms in total. The zero-order valence-electron chi connectivity index (χ0n) is 10.6. The summed E-state index contributed by atoms with van der Waals surface area (Å²) in [4.78, 5) is 4.53. The van der Waals surface area contributed by atoms with Crippen molar-refractivity contribution in [3.63, 3.8) is 0 Å². The van der Waals surface area contributed by atoms with E-state index >= 15 is 0 Å². The fourth-order valence-electron chi connectivity index (χ4n) is 1.90. The van der Waals surface area contributed by atoms with Crippen molar-refractivity contribution < 1.29 is 0 Å². The first-order valence-electron chi connectivity index (χ1n) is 6.02. The van der Waals surface area contributed by atoms with Gasteiger partial charge in [0.1, 0.15) is 6.33 Å². The van der Waals surface area contributed by atoms with Crippen molar-refractivity contribution in [3.05, 3.63) is 12.2 Å². The SMILES string of the molecule is CCCC1CN=C(NC(C)c2nncn2C)S1. The molecule has 0 bridgehead atoms. The van der Waals surface area contributed by atoms with Crippen LogP contribution in [0, 0.1) is 0 Å². The third kappa shape index (κ3) is 3.00. The molecule has 17 heavy (non-hydrogen) atoms. The summed E-state index contributed by atoms with van der Waals surface area (Å²) >= 11 is 1.85. The highest BCUT2D eigenvalue weighted by Crippen LogP contribution is 2.24. The normalized spacial score (nSPS) is 21.4. The number of hydrogen-bond donors (Lipinski definition) is 1. The Labute approximate surface area is 106 Å². The molecular formula is C11H19N5S. The van der Waals surface area contributed by atoms with Crippen molar-refractivity contribution in [2.24, 2.45) is 12.0 Å². The molecule has 0 saturated heterocycles. The van der Waals surface area contributed by atoms with Gasteiger partial charge in [-0.05, 0) is 13.3 Å². The van der Waals surface area contributed by atoms with Crippen molar-refractivity contribution in [1.29, 1.82) is 0 Å². The second kappa shape index (κ2) is 5.53. The van der Waals surface area contributed by atoms with E-state index in [2.05, 4.69) is 34.4 Å². The van der Waals surface area contributed by atoms with Gasteiger partial charge in [0.05, 0.1) is 12.6 Å². The lowest BCUT2D eigenvalue weighted by Gasteiger charge is -2.14. The van der Waals surface area contributed by atoms with Crippen LogP contribution in [0.4, 0.5) is 0 Å². The molecule has 0 radical (unpaired) electrons. The predicted molar refractivity (Wildman–Crippen MR) is 71.1 cm³/mol. The van der Waals surface area contributed by atoms with Crippen molar-refractivity contribution in [2.75, 3.05) is 6.54 Å². The predicted octanol–water partition coefficient (Wildman–Crippen LogP) is 1.74. The van der Waals surface area contributed by atoms with Crippen LogP contribution >= 0.6 is 11.8 Å². The minimum atomic E-state index is 0.147. The Morgan fingerprint density at radius 1 is 1.65 bits per heavy atom. The van der Waals surface area contributed by atoms with E-state index in [4.69, 9.17) is 0 Å². The van der Waals surface area contributed by atoms with Gasteiger partial charge in [0, 0.05) is 12.3 Å². The molecule has 2 unspecified atom stereocenters. The molecule has 6 heteroatoms. The molecule has 0 aromatic carbocycles. The Hall–Kier alpha value is -1.04. The van der Waals surface area contributed by atoms with E-state index in [1.165, 1.54) is 12.8 Å². The molecule has 0 fully saturated rings. The molecule has 1 aliphatic rings. The number of hydrogen-bond acceptors (Lipinski definition) is 5. The standard InChI is InChI=1S/C11H19N5S/c1-4-5-9-6-12-11(17-9)14-8(2)10-15-13-7-16(10)3/h7-9H,4-6H2,1-3H3,(H,12,14). The van der Waals surface area contributed by atoms with Gasteiger partial charge in [-0.3, -0.25) is 4.99 Å². The number of nitrogens with zero attached hydrogens (tertiary/aromatic N) is 4. The van der Waals surface area contributed by atoms with E-state index < -0.39 is 0 Å². The summed E-state index contributed by atoms with van der Waals surface area (Å²) < 4.78 is 1.93. The molecular weight excluding hydrogens is 234 g/mol. The Morgan fingerprint density at radius 3 is 3.12 bits per heavy atom. The third-order valence-corrected chi connectivity index (χ3v) is 3.99. The first kappa shape index (κ1) is 12.4. The van der Waals surface area contributed by atoms with Gasteiger partial charge in [-0.25, -0.2) is 0 Å². The monoisotopic (exact) mass is 253 g/mol. The van der Waals surface area contributed by atoms with E-state index in [1.807, 2.05) is 23.4 Å². The lowest BCUT2D eigenvalue weighted by Crippen LogP contribution is -2.25. The molecule has 2 heterocycles. The molecule has 0 spiro atoms. The zero-order chi connectivity index (χ0) is 12.3. The average Bonchev–Trinajstić information content (AvgIpc) is 2.88. The summed E-state index contributed by atoms with van der Waals surface area (Å²) in [5, 5.41) is 13.1. The van der Waals surface area contributed by atoms with Gasteiger partial charge >= 0.3 is 0 Å². The van der Waals surface area contributed by atoms with Gasteiger partial charge in [0.25, 0.3) is 0 Å². The molecule has 1 aromatic heterocycles. The van der Waals surface area contributed by atoms with Crippen molar-refractivity contribution in [1.82, 2.24) is 20.1 Å². The number of aromatic nitrogens is 3. The Kier molecular flexibility index (Phi) is 4.04. The molecule has 1 aromatic rings. The number of amidine groups is 1. The van der Waals surface area contributed by atoms with Gasteiger partial charge in [-0.15, -0.1) is 10.2 Å².